The molecule has 96 valence electrons. The van der Waals surface area contributed by atoms with Crippen LogP contribution in [0.15, 0.2) is 24.3 Å². The molecule has 2 aromatic rings. The SMILES string of the molecule is Cc1cc2c(CO[Si](C)(C)C)ccc(C)c2[cH-]1.[Zr]. The largest absolute Gasteiger partial charge is 0.414 e. The van der Waals surface area contributed by atoms with E-state index in [-0.39, 0.29) is 26.2 Å². The molecule has 0 spiro atoms. The summed E-state index contributed by atoms with van der Waals surface area (Å²) in [5.41, 5.74) is 4.01. The zero-order valence-corrected chi connectivity index (χ0v) is 15.4. The summed E-state index contributed by atoms with van der Waals surface area (Å²) in [6.07, 6.45) is 0. The van der Waals surface area contributed by atoms with Crippen LogP contribution in [0.3, 0.4) is 0 Å². The Balaban J connectivity index is 0.00000162. The summed E-state index contributed by atoms with van der Waals surface area (Å²) in [6, 6.07) is 8.94. The summed E-state index contributed by atoms with van der Waals surface area (Å²) in [7, 11) is -1.43. The minimum absolute atomic E-state index is 0. The van der Waals surface area contributed by atoms with Crippen LogP contribution >= 0.6 is 0 Å². The zero-order valence-electron chi connectivity index (χ0n) is 11.9. The maximum absolute atomic E-state index is 6.01. The van der Waals surface area contributed by atoms with Crippen molar-refractivity contribution in [1.82, 2.24) is 0 Å². The quantitative estimate of drug-likeness (QED) is 0.591. The first-order chi connectivity index (χ1) is 7.87. The molecule has 0 unspecified atom stereocenters. The van der Waals surface area contributed by atoms with Crippen LogP contribution < -0.4 is 0 Å². The maximum atomic E-state index is 6.01. The fourth-order valence-corrected chi connectivity index (χ4v) is 2.66. The predicted molar refractivity (Wildman–Crippen MR) is 77.2 cm³/mol. The van der Waals surface area contributed by atoms with Gasteiger partial charge < -0.3 is 4.43 Å². The maximum Gasteiger partial charge on any atom is 0.184 e. The van der Waals surface area contributed by atoms with Gasteiger partial charge in [-0.25, -0.2) is 0 Å². The average molecular weight is 337 g/mol. The molecule has 18 heavy (non-hydrogen) atoms. The third-order valence-electron chi connectivity index (χ3n) is 3.00. The first-order valence-corrected chi connectivity index (χ1v) is 9.57. The molecule has 0 N–H and O–H groups in total. The smallest absolute Gasteiger partial charge is 0.184 e. The molecule has 2 rings (SSSR count). The summed E-state index contributed by atoms with van der Waals surface area (Å²) < 4.78 is 6.01. The summed E-state index contributed by atoms with van der Waals surface area (Å²) in [6.45, 7) is 11.8. The van der Waals surface area contributed by atoms with Crippen molar-refractivity contribution < 1.29 is 30.6 Å². The Kier molecular flexibility index (Phi) is 5.22. The molecular weight excluding hydrogens is 315 g/mol. The van der Waals surface area contributed by atoms with E-state index in [2.05, 4.69) is 57.8 Å². The standard InChI is InChI=1S/C15H21OSi.Zr/c1-11-8-14-12(2)6-7-13(15(14)9-11)10-16-17(3,4)5;/h6-9H,10H2,1-5H3;/q-1;. The van der Waals surface area contributed by atoms with Gasteiger partial charge in [0.25, 0.3) is 0 Å². The van der Waals surface area contributed by atoms with Crippen molar-refractivity contribution in [2.75, 3.05) is 0 Å². The van der Waals surface area contributed by atoms with E-state index in [4.69, 9.17) is 4.43 Å². The second-order valence-corrected chi connectivity index (χ2v) is 10.3. The molecule has 0 heterocycles. The Hall–Kier alpha value is -0.110. The predicted octanol–water partition coefficient (Wildman–Crippen LogP) is 4.52. The molecule has 1 nitrogen and oxygen atoms in total. The molecule has 0 bridgehead atoms. The third-order valence-corrected chi connectivity index (χ3v) is 4.01. The van der Waals surface area contributed by atoms with Gasteiger partial charge in [-0.05, 0) is 19.6 Å². The number of hydrogen-bond donors (Lipinski definition) is 0. The molecule has 0 aliphatic heterocycles. The molecule has 0 aliphatic rings. The van der Waals surface area contributed by atoms with Crippen LogP contribution in [-0.4, -0.2) is 8.32 Å². The number of benzene rings is 1. The first kappa shape index (κ1) is 15.9. The molecule has 0 aliphatic carbocycles. The van der Waals surface area contributed by atoms with Crippen molar-refractivity contribution in [2.24, 2.45) is 0 Å². The van der Waals surface area contributed by atoms with Crippen molar-refractivity contribution in [2.45, 2.75) is 40.1 Å². The molecular formula is C15H21OSiZr-. The molecule has 0 aromatic heterocycles. The molecule has 0 radical (unpaired) electrons. The van der Waals surface area contributed by atoms with Gasteiger partial charge in [0.05, 0.1) is 6.61 Å². The van der Waals surface area contributed by atoms with Gasteiger partial charge in [0.15, 0.2) is 8.32 Å². The van der Waals surface area contributed by atoms with Crippen molar-refractivity contribution in [3.63, 3.8) is 0 Å². The van der Waals surface area contributed by atoms with Gasteiger partial charge >= 0.3 is 0 Å². The van der Waals surface area contributed by atoms with Gasteiger partial charge in [0, 0.05) is 26.2 Å². The molecule has 0 saturated heterocycles. The van der Waals surface area contributed by atoms with Crippen LogP contribution in [0.4, 0.5) is 0 Å². The summed E-state index contributed by atoms with van der Waals surface area (Å²) >= 11 is 0. The second kappa shape index (κ2) is 5.90. The molecule has 2 aromatic carbocycles. The van der Waals surface area contributed by atoms with Gasteiger partial charge in [-0.2, -0.15) is 6.07 Å². The normalized spacial score (nSPS) is 11.6. The van der Waals surface area contributed by atoms with Crippen LogP contribution in [0, 0.1) is 13.8 Å². The fraction of sp³-hybridized carbons (Fsp3) is 0.400. The van der Waals surface area contributed by atoms with E-state index >= 15 is 0 Å². The van der Waals surface area contributed by atoms with E-state index in [0.29, 0.717) is 0 Å². The molecule has 0 amide bonds. The summed E-state index contributed by atoms with van der Waals surface area (Å²) in [5, 5.41) is 2.74. The van der Waals surface area contributed by atoms with Gasteiger partial charge in [-0.15, -0.1) is 34.0 Å². The van der Waals surface area contributed by atoms with Crippen LogP contribution in [0.2, 0.25) is 19.6 Å². The van der Waals surface area contributed by atoms with E-state index in [9.17, 15) is 0 Å². The Morgan fingerprint density at radius 1 is 1.17 bits per heavy atom. The fourth-order valence-electron chi connectivity index (χ4n) is 2.07. The Morgan fingerprint density at radius 2 is 1.83 bits per heavy atom. The molecule has 0 atom stereocenters. The zero-order chi connectivity index (χ0) is 12.6. The van der Waals surface area contributed by atoms with E-state index in [1.165, 1.54) is 27.5 Å². The third kappa shape index (κ3) is 3.69. The molecule has 0 fully saturated rings. The van der Waals surface area contributed by atoms with E-state index < -0.39 is 8.32 Å². The van der Waals surface area contributed by atoms with E-state index in [1.54, 1.807) is 0 Å². The minimum atomic E-state index is -1.43. The minimum Gasteiger partial charge on any atom is -0.414 e. The summed E-state index contributed by atoms with van der Waals surface area (Å²) in [4.78, 5) is 0. The van der Waals surface area contributed by atoms with Gasteiger partial charge in [-0.3, -0.25) is 0 Å². The van der Waals surface area contributed by atoms with Crippen molar-refractivity contribution in [1.29, 1.82) is 0 Å². The topological polar surface area (TPSA) is 9.23 Å². The molecule has 3 heteroatoms. The number of aryl methyl sites for hydroxylation is 2. The van der Waals surface area contributed by atoms with Crippen LogP contribution in [0.1, 0.15) is 16.7 Å². The summed E-state index contributed by atoms with van der Waals surface area (Å²) in [5.74, 6) is 0. The number of rotatable bonds is 3. The van der Waals surface area contributed by atoms with Crippen molar-refractivity contribution in [3.05, 3.63) is 41.0 Å². The van der Waals surface area contributed by atoms with Gasteiger partial charge in [-0.1, -0.05) is 25.5 Å². The van der Waals surface area contributed by atoms with E-state index in [1.807, 2.05) is 0 Å². The van der Waals surface area contributed by atoms with Crippen LogP contribution in [-0.2, 0) is 37.2 Å². The van der Waals surface area contributed by atoms with Gasteiger partial charge in [0.1, 0.15) is 0 Å². The first-order valence-electron chi connectivity index (χ1n) is 6.16. The monoisotopic (exact) mass is 335 g/mol. The Bertz CT molecular complexity index is 537. The van der Waals surface area contributed by atoms with Crippen LogP contribution in [0.25, 0.3) is 10.8 Å². The number of hydrogen-bond acceptors (Lipinski definition) is 1. The number of fused-ring (bicyclic) bond motifs is 1. The molecule has 0 saturated carbocycles. The van der Waals surface area contributed by atoms with Gasteiger partial charge in [0.2, 0.25) is 0 Å². The van der Waals surface area contributed by atoms with Crippen LogP contribution in [0.5, 0.6) is 0 Å². The van der Waals surface area contributed by atoms with Crippen molar-refractivity contribution >= 4 is 19.1 Å². The Labute approximate surface area is 130 Å². The van der Waals surface area contributed by atoms with E-state index in [0.717, 1.165) is 6.61 Å². The average Bonchev–Trinajstić information content (AvgIpc) is 2.58. The van der Waals surface area contributed by atoms with Crippen molar-refractivity contribution in [3.8, 4) is 0 Å². The second-order valence-electron chi connectivity index (χ2n) is 5.80. The Morgan fingerprint density at radius 3 is 2.44 bits per heavy atom.